The van der Waals surface area contributed by atoms with E-state index in [1.165, 1.54) is 16.1 Å². The van der Waals surface area contributed by atoms with Crippen LogP contribution in [-0.2, 0) is 13.1 Å². The second kappa shape index (κ2) is 7.26. The molecule has 0 aliphatic carbocycles. The Morgan fingerprint density at radius 2 is 2.21 bits per heavy atom. The lowest BCUT2D eigenvalue weighted by atomic mass is 10.2. The first-order valence-electron chi connectivity index (χ1n) is 6.76. The minimum Gasteiger partial charge on any atom is -0.366 e. The summed E-state index contributed by atoms with van der Waals surface area (Å²) < 4.78 is 0. The van der Waals surface area contributed by atoms with Crippen molar-refractivity contribution in [3.05, 3.63) is 46.4 Å². The first-order chi connectivity index (χ1) is 9.35. The van der Waals surface area contributed by atoms with Gasteiger partial charge in [-0.25, -0.2) is 0 Å². The molecule has 2 rings (SSSR count). The molecule has 4 heteroatoms. The summed E-state index contributed by atoms with van der Waals surface area (Å²) in [6, 6.07) is 6.42. The number of thiophene rings is 1. The second-order valence-electron chi connectivity index (χ2n) is 4.38. The molecule has 2 aromatic heterocycles. The fourth-order valence-electron chi connectivity index (χ4n) is 2.08. The molecule has 0 atom stereocenters. The second-order valence-corrected chi connectivity index (χ2v) is 5.41. The van der Waals surface area contributed by atoms with Gasteiger partial charge in [0.15, 0.2) is 0 Å². The molecule has 2 aromatic rings. The lowest BCUT2D eigenvalue weighted by molar-refractivity contribution is 0.717. The van der Waals surface area contributed by atoms with Crippen LogP contribution < -0.4 is 10.2 Å². The Morgan fingerprint density at radius 1 is 1.32 bits per heavy atom. The molecule has 3 nitrogen and oxygen atoms in total. The molecule has 19 heavy (non-hydrogen) atoms. The van der Waals surface area contributed by atoms with E-state index >= 15 is 0 Å². The van der Waals surface area contributed by atoms with Crippen LogP contribution in [0.15, 0.2) is 36.0 Å². The summed E-state index contributed by atoms with van der Waals surface area (Å²) in [5, 5.41) is 5.51. The Morgan fingerprint density at radius 3 is 2.89 bits per heavy atom. The van der Waals surface area contributed by atoms with Crippen molar-refractivity contribution in [2.24, 2.45) is 0 Å². The Kier molecular flexibility index (Phi) is 5.36. The normalized spacial score (nSPS) is 10.6. The summed E-state index contributed by atoms with van der Waals surface area (Å²) in [6.45, 7) is 8.15. The number of nitrogens with one attached hydrogen (secondary N) is 1. The molecular weight excluding hydrogens is 254 g/mol. The van der Waals surface area contributed by atoms with Crippen LogP contribution in [0.1, 0.15) is 24.3 Å². The van der Waals surface area contributed by atoms with E-state index < -0.39 is 0 Å². The summed E-state index contributed by atoms with van der Waals surface area (Å²) in [7, 11) is 0. The van der Waals surface area contributed by atoms with Crippen LogP contribution in [0.3, 0.4) is 0 Å². The molecule has 0 saturated heterocycles. The van der Waals surface area contributed by atoms with Crippen molar-refractivity contribution in [2.45, 2.75) is 26.9 Å². The molecule has 0 amide bonds. The number of pyridine rings is 1. The molecule has 0 unspecified atom stereocenters. The quantitative estimate of drug-likeness (QED) is 0.840. The van der Waals surface area contributed by atoms with Gasteiger partial charge in [0.2, 0.25) is 0 Å². The van der Waals surface area contributed by atoms with E-state index in [2.05, 4.69) is 52.6 Å². The summed E-state index contributed by atoms with van der Waals surface area (Å²) >= 11 is 1.81. The Hall–Kier alpha value is -1.39. The zero-order valence-corrected chi connectivity index (χ0v) is 12.4. The molecule has 0 aliphatic rings. The van der Waals surface area contributed by atoms with Gasteiger partial charge in [-0.2, -0.15) is 0 Å². The van der Waals surface area contributed by atoms with Gasteiger partial charge in [0.25, 0.3) is 0 Å². The fourth-order valence-corrected chi connectivity index (χ4v) is 2.80. The Labute approximate surface area is 119 Å². The van der Waals surface area contributed by atoms with Crippen LogP contribution in [-0.4, -0.2) is 18.1 Å². The van der Waals surface area contributed by atoms with E-state index in [-0.39, 0.29) is 0 Å². The monoisotopic (exact) mass is 275 g/mol. The molecule has 0 saturated carbocycles. The number of rotatable bonds is 7. The van der Waals surface area contributed by atoms with E-state index in [1.807, 2.05) is 23.7 Å². The predicted octanol–water partition coefficient (Wildman–Crippen LogP) is 3.28. The fraction of sp³-hybridized carbons (Fsp3) is 0.400. The van der Waals surface area contributed by atoms with Crippen molar-refractivity contribution in [1.82, 2.24) is 10.3 Å². The van der Waals surface area contributed by atoms with E-state index in [0.29, 0.717) is 0 Å². The molecule has 0 radical (unpaired) electrons. The van der Waals surface area contributed by atoms with Gasteiger partial charge in [-0.15, -0.1) is 11.3 Å². The molecule has 2 heterocycles. The SMILES string of the molecule is CCNCc1cnccc1N(CC)Cc1cccs1. The standard InChI is InChI=1S/C15H21N3S/c1-3-16-10-13-11-17-8-7-15(13)18(4-2)12-14-6-5-9-19-14/h5-9,11,16H,3-4,10,12H2,1-2H3. The highest BCUT2D eigenvalue weighted by Gasteiger charge is 2.10. The van der Waals surface area contributed by atoms with E-state index in [4.69, 9.17) is 0 Å². The van der Waals surface area contributed by atoms with Crippen LogP contribution in [0.25, 0.3) is 0 Å². The largest absolute Gasteiger partial charge is 0.366 e. The van der Waals surface area contributed by atoms with Crippen molar-refractivity contribution in [3.63, 3.8) is 0 Å². The Bertz CT molecular complexity index is 482. The van der Waals surface area contributed by atoms with Crippen molar-refractivity contribution < 1.29 is 0 Å². The zero-order valence-electron chi connectivity index (χ0n) is 11.6. The van der Waals surface area contributed by atoms with Crippen molar-refractivity contribution in [2.75, 3.05) is 18.0 Å². The maximum atomic E-state index is 4.25. The van der Waals surface area contributed by atoms with Crippen molar-refractivity contribution in [1.29, 1.82) is 0 Å². The number of anilines is 1. The highest BCUT2D eigenvalue weighted by molar-refractivity contribution is 7.09. The topological polar surface area (TPSA) is 28.2 Å². The predicted molar refractivity (Wildman–Crippen MR) is 82.7 cm³/mol. The van der Waals surface area contributed by atoms with Gasteiger partial charge < -0.3 is 10.2 Å². The molecule has 1 N–H and O–H groups in total. The lowest BCUT2D eigenvalue weighted by Gasteiger charge is -2.25. The average Bonchev–Trinajstić information content (AvgIpc) is 2.96. The Balaban J connectivity index is 2.17. The van der Waals surface area contributed by atoms with Crippen LogP contribution in [0.5, 0.6) is 0 Å². The highest BCUT2D eigenvalue weighted by Crippen LogP contribution is 2.22. The number of aromatic nitrogens is 1. The van der Waals surface area contributed by atoms with E-state index in [0.717, 1.165) is 26.2 Å². The maximum Gasteiger partial charge on any atom is 0.0522 e. The zero-order chi connectivity index (χ0) is 13.5. The molecular formula is C15H21N3S. The molecule has 0 bridgehead atoms. The van der Waals surface area contributed by atoms with Gasteiger partial charge in [-0.05, 0) is 31.0 Å². The van der Waals surface area contributed by atoms with Crippen LogP contribution in [0.2, 0.25) is 0 Å². The first-order valence-corrected chi connectivity index (χ1v) is 7.64. The molecule has 0 spiro atoms. The van der Waals surface area contributed by atoms with Crippen molar-refractivity contribution in [3.8, 4) is 0 Å². The maximum absolute atomic E-state index is 4.25. The van der Waals surface area contributed by atoms with Gasteiger partial charge in [-0.1, -0.05) is 13.0 Å². The van der Waals surface area contributed by atoms with E-state index in [1.54, 1.807) is 0 Å². The number of hydrogen-bond donors (Lipinski definition) is 1. The van der Waals surface area contributed by atoms with Crippen molar-refractivity contribution >= 4 is 17.0 Å². The molecule has 0 fully saturated rings. The minimum absolute atomic E-state index is 0.876. The minimum atomic E-state index is 0.876. The average molecular weight is 275 g/mol. The summed E-state index contributed by atoms with van der Waals surface area (Å²) in [5.74, 6) is 0. The van der Waals surface area contributed by atoms with Crippen LogP contribution in [0.4, 0.5) is 5.69 Å². The summed E-state index contributed by atoms with van der Waals surface area (Å²) in [4.78, 5) is 8.05. The molecule has 0 aliphatic heterocycles. The van der Waals surface area contributed by atoms with Gasteiger partial charge in [-0.3, -0.25) is 4.98 Å². The number of hydrogen-bond acceptors (Lipinski definition) is 4. The lowest BCUT2D eigenvalue weighted by Crippen LogP contribution is -2.24. The summed E-state index contributed by atoms with van der Waals surface area (Å²) in [5.41, 5.74) is 2.55. The van der Waals surface area contributed by atoms with Gasteiger partial charge in [0, 0.05) is 41.6 Å². The summed E-state index contributed by atoms with van der Waals surface area (Å²) in [6.07, 6.45) is 3.84. The van der Waals surface area contributed by atoms with Gasteiger partial charge in [0.1, 0.15) is 0 Å². The van der Waals surface area contributed by atoms with Crippen LogP contribution in [0, 0.1) is 0 Å². The first kappa shape index (κ1) is 14.0. The smallest absolute Gasteiger partial charge is 0.0522 e. The molecule has 102 valence electrons. The highest BCUT2D eigenvalue weighted by atomic mass is 32.1. The third-order valence-corrected chi connectivity index (χ3v) is 3.95. The third kappa shape index (κ3) is 3.78. The molecule has 0 aromatic carbocycles. The van der Waals surface area contributed by atoms with Crippen LogP contribution >= 0.6 is 11.3 Å². The van der Waals surface area contributed by atoms with Gasteiger partial charge >= 0.3 is 0 Å². The van der Waals surface area contributed by atoms with E-state index in [9.17, 15) is 0 Å². The third-order valence-electron chi connectivity index (χ3n) is 3.09. The van der Waals surface area contributed by atoms with Gasteiger partial charge in [0.05, 0.1) is 6.54 Å². The number of nitrogens with zero attached hydrogens (tertiary/aromatic N) is 2.